The molecular formula is C17H30N2O. The van der Waals surface area contributed by atoms with E-state index >= 15 is 0 Å². The van der Waals surface area contributed by atoms with Gasteiger partial charge in [0, 0.05) is 19.0 Å². The summed E-state index contributed by atoms with van der Waals surface area (Å²) in [6, 6.07) is 0. The SMILES string of the molecule is CC(CC1CCCC1)C(=O)N1CC[C@@H]2CNC[C@@H]2CC1. The molecule has 3 rings (SSSR count). The highest BCUT2D eigenvalue weighted by Crippen LogP contribution is 2.32. The Morgan fingerprint density at radius 3 is 2.30 bits per heavy atom. The predicted molar refractivity (Wildman–Crippen MR) is 81.4 cm³/mol. The van der Waals surface area contributed by atoms with E-state index in [4.69, 9.17) is 0 Å². The first-order valence-corrected chi connectivity index (χ1v) is 8.73. The maximum atomic E-state index is 12.7. The zero-order valence-electron chi connectivity index (χ0n) is 12.9. The first-order valence-electron chi connectivity index (χ1n) is 8.73. The van der Waals surface area contributed by atoms with E-state index in [1.54, 1.807) is 0 Å². The Hall–Kier alpha value is -0.570. The third kappa shape index (κ3) is 3.19. The van der Waals surface area contributed by atoms with Crippen LogP contribution in [0.3, 0.4) is 0 Å². The summed E-state index contributed by atoms with van der Waals surface area (Å²) < 4.78 is 0. The smallest absolute Gasteiger partial charge is 0.225 e. The van der Waals surface area contributed by atoms with Crippen LogP contribution in [0, 0.1) is 23.7 Å². The van der Waals surface area contributed by atoms with E-state index in [0.29, 0.717) is 5.91 Å². The number of rotatable bonds is 3. The van der Waals surface area contributed by atoms with E-state index in [-0.39, 0.29) is 5.92 Å². The number of likely N-dealkylation sites (tertiary alicyclic amines) is 1. The molecule has 1 aliphatic carbocycles. The molecule has 0 radical (unpaired) electrons. The number of carbonyl (C=O) groups is 1. The summed E-state index contributed by atoms with van der Waals surface area (Å²) in [6.07, 6.45) is 9.01. The maximum absolute atomic E-state index is 12.7. The van der Waals surface area contributed by atoms with Crippen LogP contribution < -0.4 is 5.32 Å². The molecule has 3 aliphatic rings. The third-order valence-corrected chi connectivity index (χ3v) is 5.91. The topological polar surface area (TPSA) is 32.3 Å². The highest BCUT2D eigenvalue weighted by atomic mass is 16.2. The van der Waals surface area contributed by atoms with Gasteiger partial charge in [-0.3, -0.25) is 4.79 Å². The van der Waals surface area contributed by atoms with Gasteiger partial charge in [0.1, 0.15) is 0 Å². The molecule has 1 saturated carbocycles. The fourth-order valence-corrected chi connectivity index (χ4v) is 4.60. The van der Waals surface area contributed by atoms with Crippen LogP contribution in [0.15, 0.2) is 0 Å². The lowest BCUT2D eigenvalue weighted by molar-refractivity contribution is -0.135. The molecule has 1 N–H and O–H groups in total. The van der Waals surface area contributed by atoms with Crippen molar-refractivity contribution in [2.24, 2.45) is 23.7 Å². The standard InChI is InChI=1S/C17H30N2O/c1-13(10-14-4-2-3-5-14)17(20)19-8-6-15-11-18-12-16(15)7-9-19/h13-16,18H,2-12H2,1H3/t13?,15-,16+. The van der Waals surface area contributed by atoms with Crippen molar-refractivity contribution in [1.29, 1.82) is 0 Å². The number of nitrogens with one attached hydrogen (secondary N) is 1. The van der Waals surface area contributed by atoms with Crippen molar-refractivity contribution in [3.63, 3.8) is 0 Å². The molecule has 0 aromatic carbocycles. The third-order valence-electron chi connectivity index (χ3n) is 5.91. The molecule has 1 unspecified atom stereocenters. The second-order valence-corrected chi connectivity index (χ2v) is 7.37. The van der Waals surface area contributed by atoms with Crippen molar-refractivity contribution in [2.45, 2.75) is 51.9 Å². The Morgan fingerprint density at radius 1 is 1.10 bits per heavy atom. The number of hydrogen-bond acceptors (Lipinski definition) is 2. The van der Waals surface area contributed by atoms with Gasteiger partial charge in [0.15, 0.2) is 0 Å². The highest BCUT2D eigenvalue weighted by molar-refractivity contribution is 5.78. The summed E-state index contributed by atoms with van der Waals surface area (Å²) in [5.74, 6) is 3.14. The van der Waals surface area contributed by atoms with Gasteiger partial charge in [0.05, 0.1) is 0 Å². The van der Waals surface area contributed by atoms with Gasteiger partial charge in [0.25, 0.3) is 0 Å². The maximum Gasteiger partial charge on any atom is 0.225 e. The summed E-state index contributed by atoms with van der Waals surface area (Å²) >= 11 is 0. The predicted octanol–water partition coefficient (Wildman–Crippen LogP) is 2.66. The Morgan fingerprint density at radius 2 is 1.70 bits per heavy atom. The van der Waals surface area contributed by atoms with Gasteiger partial charge in [-0.25, -0.2) is 0 Å². The average molecular weight is 278 g/mol. The monoisotopic (exact) mass is 278 g/mol. The van der Waals surface area contributed by atoms with E-state index in [1.807, 2.05) is 0 Å². The number of fused-ring (bicyclic) bond motifs is 1. The molecule has 3 heteroatoms. The van der Waals surface area contributed by atoms with Crippen LogP contribution in [0.5, 0.6) is 0 Å². The molecule has 1 amide bonds. The summed E-state index contributed by atoms with van der Waals surface area (Å²) in [7, 11) is 0. The molecule has 3 fully saturated rings. The second-order valence-electron chi connectivity index (χ2n) is 7.37. The normalized spacial score (nSPS) is 33.0. The summed E-state index contributed by atoms with van der Waals surface area (Å²) in [4.78, 5) is 14.8. The van der Waals surface area contributed by atoms with Crippen molar-refractivity contribution in [3.05, 3.63) is 0 Å². The van der Waals surface area contributed by atoms with E-state index in [0.717, 1.165) is 37.3 Å². The number of hydrogen-bond donors (Lipinski definition) is 1. The van der Waals surface area contributed by atoms with Crippen molar-refractivity contribution in [3.8, 4) is 0 Å². The zero-order chi connectivity index (χ0) is 13.9. The van der Waals surface area contributed by atoms with Gasteiger partial charge in [-0.05, 0) is 50.1 Å². The number of nitrogens with zero attached hydrogens (tertiary/aromatic N) is 1. The molecule has 0 spiro atoms. The lowest BCUT2D eigenvalue weighted by atomic mass is 9.92. The molecule has 0 aromatic heterocycles. The number of carbonyl (C=O) groups excluding carboxylic acids is 1. The minimum Gasteiger partial charge on any atom is -0.342 e. The minimum absolute atomic E-state index is 0.245. The Bertz CT molecular complexity index is 324. The lowest BCUT2D eigenvalue weighted by Crippen LogP contribution is -2.37. The van der Waals surface area contributed by atoms with Gasteiger partial charge >= 0.3 is 0 Å². The van der Waals surface area contributed by atoms with Crippen molar-refractivity contribution in [1.82, 2.24) is 10.2 Å². The molecule has 0 aromatic rings. The van der Waals surface area contributed by atoms with Crippen LogP contribution in [-0.2, 0) is 4.79 Å². The Labute approximate surface area is 123 Å². The van der Waals surface area contributed by atoms with E-state index in [2.05, 4.69) is 17.1 Å². The molecule has 3 atom stereocenters. The molecule has 3 nitrogen and oxygen atoms in total. The minimum atomic E-state index is 0.245. The zero-order valence-corrected chi connectivity index (χ0v) is 12.9. The summed E-state index contributed by atoms with van der Waals surface area (Å²) in [6.45, 7) is 6.50. The van der Waals surface area contributed by atoms with E-state index in [9.17, 15) is 4.79 Å². The van der Waals surface area contributed by atoms with E-state index < -0.39 is 0 Å². The molecule has 114 valence electrons. The van der Waals surface area contributed by atoms with Gasteiger partial charge in [-0.1, -0.05) is 32.6 Å². The van der Waals surface area contributed by atoms with Crippen LogP contribution >= 0.6 is 0 Å². The van der Waals surface area contributed by atoms with Gasteiger partial charge in [-0.2, -0.15) is 0 Å². The summed E-state index contributed by atoms with van der Waals surface area (Å²) in [5, 5.41) is 3.50. The van der Waals surface area contributed by atoms with Gasteiger partial charge in [-0.15, -0.1) is 0 Å². The largest absolute Gasteiger partial charge is 0.342 e. The van der Waals surface area contributed by atoms with Crippen molar-refractivity contribution in [2.75, 3.05) is 26.2 Å². The fourth-order valence-electron chi connectivity index (χ4n) is 4.60. The Kier molecular flexibility index (Phi) is 4.65. The molecule has 20 heavy (non-hydrogen) atoms. The van der Waals surface area contributed by atoms with Crippen LogP contribution in [0.1, 0.15) is 51.9 Å². The van der Waals surface area contributed by atoms with Crippen LogP contribution in [0.25, 0.3) is 0 Å². The lowest BCUT2D eigenvalue weighted by Gasteiger charge is -2.26. The molecule has 2 aliphatic heterocycles. The summed E-state index contributed by atoms with van der Waals surface area (Å²) in [5.41, 5.74) is 0. The van der Waals surface area contributed by atoms with Crippen molar-refractivity contribution < 1.29 is 4.79 Å². The first kappa shape index (κ1) is 14.4. The van der Waals surface area contributed by atoms with Gasteiger partial charge < -0.3 is 10.2 Å². The molecular weight excluding hydrogens is 248 g/mol. The number of amides is 1. The second kappa shape index (κ2) is 6.46. The first-order chi connectivity index (χ1) is 9.74. The van der Waals surface area contributed by atoms with Crippen LogP contribution in [0.2, 0.25) is 0 Å². The fraction of sp³-hybridized carbons (Fsp3) is 0.941. The van der Waals surface area contributed by atoms with E-state index in [1.165, 1.54) is 51.6 Å². The highest BCUT2D eigenvalue weighted by Gasteiger charge is 2.33. The van der Waals surface area contributed by atoms with Crippen LogP contribution in [0.4, 0.5) is 0 Å². The van der Waals surface area contributed by atoms with Crippen LogP contribution in [-0.4, -0.2) is 37.0 Å². The Balaban J connectivity index is 1.51. The molecule has 2 heterocycles. The quantitative estimate of drug-likeness (QED) is 0.861. The average Bonchev–Trinajstić information content (AvgIpc) is 3.07. The molecule has 2 saturated heterocycles. The van der Waals surface area contributed by atoms with Crippen molar-refractivity contribution >= 4 is 5.91 Å². The van der Waals surface area contributed by atoms with Gasteiger partial charge in [0.2, 0.25) is 5.91 Å². The molecule has 0 bridgehead atoms.